The van der Waals surface area contributed by atoms with Crippen molar-refractivity contribution in [1.82, 2.24) is 4.98 Å². The maximum Gasteiger partial charge on any atom is 0.106 e. The monoisotopic (exact) mass is 161 g/mol. The zero-order valence-corrected chi connectivity index (χ0v) is 7.24. The molecule has 0 aromatic carbocycles. The van der Waals surface area contributed by atoms with Gasteiger partial charge in [-0.05, 0) is 6.07 Å². The fourth-order valence-electron chi connectivity index (χ4n) is 1.19. The first-order valence-electron chi connectivity index (χ1n) is 4.09. The molecule has 0 bridgehead atoms. The Balaban J connectivity index is 2.54. The van der Waals surface area contributed by atoms with Crippen LogP contribution in [-0.4, -0.2) is 4.98 Å². The Bertz CT molecular complexity index is 351. The van der Waals surface area contributed by atoms with E-state index in [2.05, 4.69) is 18.8 Å². The van der Waals surface area contributed by atoms with Crippen LogP contribution in [0, 0.1) is 0 Å². The molecule has 2 nitrogen and oxygen atoms in total. The summed E-state index contributed by atoms with van der Waals surface area (Å²) in [6.07, 6.45) is 5.43. The van der Waals surface area contributed by atoms with Crippen molar-refractivity contribution in [3.8, 4) is 11.1 Å². The minimum absolute atomic E-state index is 0.435. The second-order valence-electron chi connectivity index (χ2n) is 3.26. The van der Waals surface area contributed by atoms with Gasteiger partial charge in [0.1, 0.15) is 5.76 Å². The van der Waals surface area contributed by atoms with Crippen molar-refractivity contribution >= 4 is 0 Å². The molecule has 0 fully saturated rings. The average molecular weight is 161 g/mol. The molecule has 0 amide bonds. The summed E-state index contributed by atoms with van der Waals surface area (Å²) < 4.78 is 5.42. The van der Waals surface area contributed by atoms with E-state index in [0.29, 0.717) is 5.92 Å². The van der Waals surface area contributed by atoms with E-state index in [1.807, 2.05) is 18.5 Å². The molecular weight excluding hydrogens is 150 g/mol. The molecule has 0 aromatic heterocycles. The molecule has 2 aliphatic heterocycles. The van der Waals surface area contributed by atoms with Gasteiger partial charge in [0.2, 0.25) is 0 Å². The lowest BCUT2D eigenvalue weighted by atomic mass is 10.1. The third kappa shape index (κ3) is 1.09. The van der Waals surface area contributed by atoms with E-state index in [4.69, 9.17) is 4.42 Å². The van der Waals surface area contributed by atoms with Crippen LogP contribution < -0.4 is 0 Å². The predicted molar refractivity (Wildman–Crippen MR) is 47.2 cm³/mol. The van der Waals surface area contributed by atoms with Gasteiger partial charge >= 0.3 is 0 Å². The number of nitrogens with zero attached hydrogens (tertiary/aromatic N) is 1. The van der Waals surface area contributed by atoms with E-state index in [-0.39, 0.29) is 0 Å². The van der Waals surface area contributed by atoms with Crippen LogP contribution in [0.4, 0.5) is 0 Å². The Kier molecular flexibility index (Phi) is 1.61. The maximum atomic E-state index is 5.42. The topological polar surface area (TPSA) is 26.0 Å². The predicted octanol–water partition coefficient (Wildman–Crippen LogP) is 2.90. The highest BCUT2D eigenvalue weighted by Gasteiger charge is 2.07. The van der Waals surface area contributed by atoms with Crippen molar-refractivity contribution in [2.45, 2.75) is 19.8 Å². The molecule has 0 aromatic rings. The van der Waals surface area contributed by atoms with Crippen LogP contribution in [0.1, 0.15) is 25.5 Å². The third-order valence-electron chi connectivity index (χ3n) is 1.95. The summed E-state index contributed by atoms with van der Waals surface area (Å²) in [4.78, 5) is 4.04. The van der Waals surface area contributed by atoms with Crippen LogP contribution in [0.25, 0.3) is 11.1 Å². The zero-order valence-electron chi connectivity index (χ0n) is 7.24. The fourth-order valence-corrected chi connectivity index (χ4v) is 1.19. The minimum atomic E-state index is 0.435. The quantitative estimate of drug-likeness (QED) is 0.642. The van der Waals surface area contributed by atoms with Gasteiger partial charge in [-0.15, -0.1) is 0 Å². The highest BCUT2D eigenvalue weighted by atomic mass is 16.3. The summed E-state index contributed by atoms with van der Waals surface area (Å²) in [7, 11) is 0. The lowest BCUT2D eigenvalue weighted by Gasteiger charge is -2.05. The van der Waals surface area contributed by atoms with Crippen LogP contribution in [0.2, 0.25) is 0 Å². The molecule has 2 heteroatoms. The van der Waals surface area contributed by atoms with Crippen molar-refractivity contribution in [2.75, 3.05) is 0 Å². The summed E-state index contributed by atoms with van der Waals surface area (Å²) in [5.41, 5.74) is 2.23. The highest BCUT2D eigenvalue weighted by Crippen LogP contribution is 2.25. The van der Waals surface area contributed by atoms with E-state index < -0.39 is 0 Å². The first-order chi connectivity index (χ1) is 5.77. The Hall–Kier alpha value is -1.31. The highest BCUT2D eigenvalue weighted by molar-refractivity contribution is 5.62. The van der Waals surface area contributed by atoms with Gasteiger partial charge in [0.05, 0.1) is 6.26 Å². The van der Waals surface area contributed by atoms with Crippen molar-refractivity contribution in [3.05, 3.63) is 30.5 Å². The van der Waals surface area contributed by atoms with Crippen molar-refractivity contribution < 1.29 is 4.42 Å². The molecule has 2 heterocycles. The third-order valence-corrected chi connectivity index (χ3v) is 1.95. The summed E-state index contributed by atoms with van der Waals surface area (Å²) in [5.74, 6) is 1.44. The molecule has 0 saturated carbocycles. The largest absolute Gasteiger partial charge is 0.468 e. The van der Waals surface area contributed by atoms with E-state index in [1.54, 1.807) is 6.26 Å². The van der Waals surface area contributed by atoms with Crippen LogP contribution in [0.3, 0.4) is 0 Å². The van der Waals surface area contributed by atoms with E-state index in [9.17, 15) is 0 Å². The lowest BCUT2D eigenvalue weighted by Crippen LogP contribution is -1.87. The molecule has 0 unspecified atom stereocenters. The molecular formula is C10H11NO. The first-order valence-corrected chi connectivity index (χ1v) is 4.09. The normalized spacial score (nSPS) is 11.2. The van der Waals surface area contributed by atoms with Crippen molar-refractivity contribution in [2.24, 2.45) is 0 Å². The number of hydrogen-bond acceptors (Lipinski definition) is 2. The smallest absolute Gasteiger partial charge is 0.106 e. The number of hydrogen-bond donors (Lipinski definition) is 0. The van der Waals surface area contributed by atoms with Gasteiger partial charge < -0.3 is 4.42 Å². The van der Waals surface area contributed by atoms with Gasteiger partial charge in [-0.2, -0.15) is 0 Å². The van der Waals surface area contributed by atoms with Gasteiger partial charge in [-0.3, -0.25) is 4.98 Å². The van der Waals surface area contributed by atoms with Crippen LogP contribution in [0.15, 0.2) is 29.1 Å². The Labute approximate surface area is 71.6 Å². The van der Waals surface area contributed by atoms with Crippen LogP contribution in [-0.2, 0) is 0 Å². The minimum Gasteiger partial charge on any atom is -0.468 e. The molecule has 0 radical (unpaired) electrons. The van der Waals surface area contributed by atoms with Gasteiger partial charge in [0.15, 0.2) is 0 Å². The molecule has 0 atom stereocenters. The number of aromatic nitrogens is 1. The molecule has 0 aliphatic carbocycles. The molecule has 2 rings (SSSR count). The maximum absolute atomic E-state index is 5.42. The van der Waals surface area contributed by atoms with Gasteiger partial charge in [0.25, 0.3) is 0 Å². The number of rotatable bonds is 1. The molecule has 0 saturated heterocycles. The Morgan fingerprint density at radius 2 is 2.00 bits per heavy atom. The second kappa shape index (κ2) is 2.63. The fraction of sp³-hybridized carbons (Fsp3) is 0.300. The summed E-state index contributed by atoms with van der Waals surface area (Å²) in [6, 6.07) is 2.05. The van der Waals surface area contributed by atoms with Crippen molar-refractivity contribution in [1.29, 1.82) is 0 Å². The van der Waals surface area contributed by atoms with E-state index >= 15 is 0 Å². The number of fused-ring (bicyclic) bond motifs is 1. The summed E-state index contributed by atoms with van der Waals surface area (Å²) in [5, 5.41) is 0. The molecule has 0 N–H and O–H groups in total. The summed E-state index contributed by atoms with van der Waals surface area (Å²) in [6.45, 7) is 4.22. The standard InChI is InChI=1S/C10H11NO/c1-7(2)10-3-8-4-11-5-9(8)6-12-10/h3-7H,1-2H3. The average Bonchev–Trinajstić information content (AvgIpc) is 2.49. The molecule has 2 aliphatic rings. The molecule has 0 spiro atoms. The molecule has 62 valence electrons. The van der Waals surface area contributed by atoms with Crippen LogP contribution >= 0.6 is 0 Å². The second-order valence-corrected chi connectivity index (χ2v) is 3.26. The molecule has 12 heavy (non-hydrogen) atoms. The SMILES string of the molecule is CC(C)c1cc2cncc-2co1. The Morgan fingerprint density at radius 1 is 1.25 bits per heavy atom. The van der Waals surface area contributed by atoms with Crippen molar-refractivity contribution in [3.63, 3.8) is 0 Å². The van der Waals surface area contributed by atoms with Crippen LogP contribution in [0.5, 0.6) is 0 Å². The summed E-state index contributed by atoms with van der Waals surface area (Å²) >= 11 is 0. The van der Waals surface area contributed by atoms with Gasteiger partial charge in [-0.25, -0.2) is 0 Å². The van der Waals surface area contributed by atoms with Gasteiger partial charge in [0, 0.05) is 29.4 Å². The van der Waals surface area contributed by atoms with Gasteiger partial charge in [-0.1, -0.05) is 13.8 Å². The zero-order chi connectivity index (χ0) is 8.55. The van der Waals surface area contributed by atoms with E-state index in [1.165, 1.54) is 0 Å². The van der Waals surface area contributed by atoms with E-state index in [0.717, 1.165) is 16.9 Å². The first kappa shape index (κ1) is 7.35. The Morgan fingerprint density at radius 3 is 2.75 bits per heavy atom. The lowest BCUT2D eigenvalue weighted by molar-refractivity contribution is 0.472.